The van der Waals surface area contributed by atoms with E-state index in [1.54, 1.807) is 0 Å². The van der Waals surface area contributed by atoms with Gasteiger partial charge in [-0.25, -0.2) is 0 Å². The number of benzene rings is 1. The summed E-state index contributed by atoms with van der Waals surface area (Å²) in [4.78, 5) is 0. The van der Waals surface area contributed by atoms with Crippen LogP contribution in [0.2, 0.25) is 0 Å². The number of hydrogen-bond donors (Lipinski definition) is 1. The molecule has 2 aliphatic carbocycles. The molecule has 0 amide bonds. The molecule has 3 rings (SSSR count). The second-order valence-corrected chi connectivity index (χ2v) is 6.34. The highest BCUT2D eigenvalue weighted by Gasteiger charge is 2.55. The van der Waals surface area contributed by atoms with Crippen LogP contribution >= 0.6 is 0 Å². The van der Waals surface area contributed by atoms with Gasteiger partial charge < -0.3 is 10.1 Å². The molecule has 0 aliphatic heterocycles. The van der Waals surface area contributed by atoms with Gasteiger partial charge in [0, 0.05) is 6.04 Å². The minimum absolute atomic E-state index is 0.239. The van der Waals surface area contributed by atoms with E-state index < -0.39 is 0 Å². The average Bonchev–Trinajstić information content (AvgIpc) is 2.84. The van der Waals surface area contributed by atoms with Crippen molar-refractivity contribution in [3.8, 4) is 5.75 Å². The summed E-state index contributed by atoms with van der Waals surface area (Å²) in [6, 6.07) is 9.14. The predicted octanol–water partition coefficient (Wildman–Crippen LogP) is 3.78. The molecule has 0 bridgehead atoms. The Morgan fingerprint density at radius 3 is 2.58 bits per heavy atom. The Morgan fingerprint density at radius 2 is 1.95 bits per heavy atom. The van der Waals surface area contributed by atoms with Gasteiger partial charge in [-0.05, 0) is 69.2 Å². The van der Waals surface area contributed by atoms with Gasteiger partial charge in [-0.2, -0.15) is 0 Å². The molecule has 0 radical (unpaired) electrons. The van der Waals surface area contributed by atoms with Crippen LogP contribution in [0.1, 0.15) is 44.7 Å². The lowest BCUT2D eigenvalue weighted by Crippen LogP contribution is -2.20. The highest BCUT2D eigenvalue weighted by molar-refractivity contribution is 5.32. The molecule has 2 saturated carbocycles. The first-order valence-corrected chi connectivity index (χ1v) is 7.64. The molecule has 0 spiro atoms. The van der Waals surface area contributed by atoms with Gasteiger partial charge in [-0.3, -0.25) is 0 Å². The van der Waals surface area contributed by atoms with Crippen LogP contribution < -0.4 is 10.1 Å². The maximum Gasteiger partial charge on any atom is 0.120 e. The summed E-state index contributed by atoms with van der Waals surface area (Å²) in [5, 5.41) is 3.53. The lowest BCUT2D eigenvalue weighted by atomic mass is 9.97. The van der Waals surface area contributed by atoms with Gasteiger partial charge in [0.1, 0.15) is 5.75 Å². The van der Waals surface area contributed by atoms with Crippen LogP contribution in [0, 0.1) is 17.8 Å². The van der Waals surface area contributed by atoms with Crippen molar-refractivity contribution in [1.82, 2.24) is 5.32 Å². The van der Waals surface area contributed by atoms with E-state index >= 15 is 0 Å². The average molecular weight is 259 g/mol. The molecule has 2 fully saturated rings. The molecule has 3 atom stereocenters. The maximum absolute atomic E-state index is 5.82. The van der Waals surface area contributed by atoms with Crippen molar-refractivity contribution in [2.75, 3.05) is 7.05 Å². The topological polar surface area (TPSA) is 21.3 Å². The third kappa shape index (κ3) is 2.51. The molecule has 2 heteroatoms. The van der Waals surface area contributed by atoms with Crippen molar-refractivity contribution in [1.29, 1.82) is 0 Å². The first-order valence-electron chi connectivity index (χ1n) is 7.64. The molecule has 1 aromatic rings. The molecule has 3 unspecified atom stereocenters. The van der Waals surface area contributed by atoms with Gasteiger partial charge in [-0.1, -0.05) is 18.6 Å². The quantitative estimate of drug-likeness (QED) is 0.869. The molecule has 0 aromatic heterocycles. The highest BCUT2D eigenvalue weighted by Crippen LogP contribution is 2.62. The van der Waals surface area contributed by atoms with Crippen LogP contribution in [0.3, 0.4) is 0 Å². The molecule has 1 N–H and O–H groups in total. The molecule has 2 aliphatic rings. The van der Waals surface area contributed by atoms with Crippen molar-refractivity contribution < 1.29 is 4.74 Å². The number of nitrogens with one attached hydrogen (secondary N) is 1. The van der Waals surface area contributed by atoms with Crippen LogP contribution in [-0.4, -0.2) is 13.2 Å². The van der Waals surface area contributed by atoms with E-state index in [4.69, 9.17) is 4.74 Å². The van der Waals surface area contributed by atoms with Crippen molar-refractivity contribution in [2.45, 2.75) is 45.3 Å². The Kier molecular flexibility index (Phi) is 3.53. The number of rotatable bonds is 5. The van der Waals surface area contributed by atoms with Crippen molar-refractivity contribution in [3.63, 3.8) is 0 Å². The van der Waals surface area contributed by atoms with Crippen LogP contribution in [0.15, 0.2) is 24.3 Å². The standard InChI is InChI=1S/C17H25NO/c1-11(2)19-13-7-4-6-12(10-13)17(18-3)16-14-8-5-9-15(14)16/h4,6-7,10-11,14-18H,5,8-9H2,1-3H3. The summed E-state index contributed by atoms with van der Waals surface area (Å²) in [5.41, 5.74) is 1.39. The number of hydrogen-bond acceptors (Lipinski definition) is 2. The molecule has 0 saturated heterocycles. The summed E-state index contributed by atoms with van der Waals surface area (Å²) < 4.78 is 5.82. The fourth-order valence-electron chi connectivity index (χ4n) is 4.01. The fourth-order valence-corrected chi connectivity index (χ4v) is 4.01. The largest absolute Gasteiger partial charge is 0.491 e. The van der Waals surface area contributed by atoms with Gasteiger partial charge in [0.15, 0.2) is 0 Å². The normalized spacial score (nSPS) is 30.2. The zero-order chi connectivity index (χ0) is 13.4. The van der Waals surface area contributed by atoms with Gasteiger partial charge in [0.25, 0.3) is 0 Å². The Labute approximate surface area is 116 Å². The Hall–Kier alpha value is -1.02. The number of fused-ring (bicyclic) bond motifs is 1. The fraction of sp³-hybridized carbons (Fsp3) is 0.647. The van der Waals surface area contributed by atoms with Gasteiger partial charge in [0.05, 0.1) is 6.10 Å². The van der Waals surface area contributed by atoms with Crippen LogP contribution in [0.25, 0.3) is 0 Å². The molecular formula is C17H25NO. The van der Waals surface area contributed by atoms with Gasteiger partial charge >= 0.3 is 0 Å². The van der Waals surface area contributed by atoms with E-state index in [0.29, 0.717) is 6.04 Å². The van der Waals surface area contributed by atoms with E-state index in [2.05, 4.69) is 50.5 Å². The third-order valence-corrected chi connectivity index (χ3v) is 4.76. The van der Waals surface area contributed by atoms with Crippen molar-refractivity contribution in [3.05, 3.63) is 29.8 Å². The Balaban J connectivity index is 1.76. The van der Waals surface area contributed by atoms with Gasteiger partial charge in [-0.15, -0.1) is 0 Å². The lowest BCUT2D eigenvalue weighted by molar-refractivity contribution is 0.242. The first-order chi connectivity index (χ1) is 9.20. The highest BCUT2D eigenvalue weighted by atomic mass is 16.5. The van der Waals surface area contributed by atoms with Crippen molar-refractivity contribution >= 4 is 0 Å². The summed E-state index contributed by atoms with van der Waals surface area (Å²) >= 11 is 0. The monoisotopic (exact) mass is 259 g/mol. The number of ether oxygens (including phenoxy) is 1. The van der Waals surface area contributed by atoms with E-state index in [0.717, 1.165) is 23.5 Å². The van der Waals surface area contributed by atoms with Crippen LogP contribution in [0.4, 0.5) is 0 Å². The smallest absolute Gasteiger partial charge is 0.120 e. The second kappa shape index (κ2) is 5.16. The molecule has 104 valence electrons. The maximum atomic E-state index is 5.82. The lowest BCUT2D eigenvalue weighted by Gasteiger charge is -2.20. The Morgan fingerprint density at radius 1 is 1.21 bits per heavy atom. The van der Waals surface area contributed by atoms with Gasteiger partial charge in [0.2, 0.25) is 0 Å². The van der Waals surface area contributed by atoms with E-state index in [-0.39, 0.29) is 6.10 Å². The predicted molar refractivity (Wildman–Crippen MR) is 78.3 cm³/mol. The van der Waals surface area contributed by atoms with E-state index in [1.165, 1.54) is 24.8 Å². The second-order valence-electron chi connectivity index (χ2n) is 6.34. The van der Waals surface area contributed by atoms with Crippen LogP contribution in [-0.2, 0) is 0 Å². The van der Waals surface area contributed by atoms with E-state index in [9.17, 15) is 0 Å². The SMILES string of the molecule is CNC(c1cccc(OC(C)C)c1)C1C2CCCC21. The molecule has 19 heavy (non-hydrogen) atoms. The summed E-state index contributed by atoms with van der Waals surface area (Å²) in [7, 11) is 2.09. The first kappa shape index (κ1) is 13.0. The Bertz CT molecular complexity index is 433. The molecule has 2 nitrogen and oxygen atoms in total. The van der Waals surface area contributed by atoms with Crippen LogP contribution in [0.5, 0.6) is 5.75 Å². The molecular weight excluding hydrogens is 234 g/mol. The summed E-state index contributed by atoms with van der Waals surface area (Å²) in [5.74, 6) is 3.81. The van der Waals surface area contributed by atoms with Crippen molar-refractivity contribution in [2.24, 2.45) is 17.8 Å². The molecule has 0 heterocycles. The third-order valence-electron chi connectivity index (χ3n) is 4.76. The minimum atomic E-state index is 0.239. The molecule has 1 aromatic carbocycles. The summed E-state index contributed by atoms with van der Waals surface area (Å²) in [6.45, 7) is 4.15. The minimum Gasteiger partial charge on any atom is -0.491 e. The zero-order valence-corrected chi connectivity index (χ0v) is 12.2. The van der Waals surface area contributed by atoms with E-state index in [1.807, 2.05) is 0 Å². The summed E-state index contributed by atoms with van der Waals surface area (Å²) in [6.07, 6.45) is 4.56. The zero-order valence-electron chi connectivity index (χ0n) is 12.2.